The van der Waals surface area contributed by atoms with Crippen molar-refractivity contribution in [2.45, 2.75) is 74.4 Å². The minimum absolute atomic E-state index is 0.0403. The zero-order valence-corrected chi connectivity index (χ0v) is 23.2. The first-order chi connectivity index (χ1) is 19.4. The molecule has 0 radical (unpaired) electrons. The topological polar surface area (TPSA) is 73.2 Å². The molecule has 0 aromatic heterocycles. The van der Waals surface area contributed by atoms with Gasteiger partial charge in [-0.05, 0) is 85.9 Å². The van der Waals surface area contributed by atoms with E-state index < -0.39 is 34.9 Å². The van der Waals surface area contributed by atoms with Crippen LogP contribution in [-0.4, -0.2) is 69.8 Å². The first kappa shape index (κ1) is 26.8. The number of ether oxygens (including phenoxy) is 1. The number of benzene rings is 2. The molecule has 2 N–H and O–H groups in total. The number of amides is 1. The SMILES string of the molecule is C[C@H]1C[C@H](N(C)C(=O)C=Cc2cccc(C(F)(F)F)c2)[C@H]2Oc3c(O)ccc4c3[C@@]23CCN(CC2CC2)[C@H](C4)[C@]13O. The summed E-state index contributed by atoms with van der Waals surface area (Å²) in [6.07, 6.45) is 1.97. The number of hydrogen-bond donors (Lipinski definition) is 2. The molecule has 7 rings (SSSR count). The highest BCUT2D eigenvalue weighted by Gasteiger charge is 2.75. The minimum atomic E-state index is -4.47. The summed E-state index contributed by atoms with van der Waals surface area (Å²) in [5, 5.41) is 23.7. The molecule has 2 heterocycles. The molecule has 218 valence electrons. The lowest BCUT2D eigenvalue weighted by Gasteiger charge is -2.67. The zero-order valence-electron chi connectivity index (χ0n) is 23.2. The van der Waals surface area contributed by atoms with E-state index in [0.717, 1.165) is 36.3 Å². The Morgan fingerprint density at radius 1 is 1.24 bits per heavy atom. The van der Waals surface area contributed by atoms with E-state index in [-0.39, 0.29) is 29.2 Å². The molecule has 3 fully saturated rings. The summed E-state index contributed by atoms with van der Waals surface area (Å²) in [7, 11) is 1.69. The summed E-state index contributed by atoms with van der Waals surface area (Å²) < 4.78 is 46.1. The van der Waals surface area contributed by atoms with E-state index >= 15 is 0 Å². The fourth-order valence-corrected chi connectivity index (χ4v) is 8.52. The van der Waals surface area contributed by atoms with Crippen LogP contribution in [0.4, 0.5) is 13.2 Å². The molecule has 1 spiro atoms. The fraction of sp³-hybridized carbons (Fsp3) is 0.531. The van der Waals surface area contributed by atoms with Crippen molar-refractivity contribution in [3.63, 3.8) is 0 Å². The van der Waals surface area contributed by atoms with Crippen LogP contribution >= 0.6 is 0 Å². The van der Waals surface area contributed by atoms with E-state index in [1.807, 2.05) is 6.07 Å². The van der Waals surface area contributed by atoms with Crippen molar-refractivity contribution < 1.29 is 32.9 Å². The fourth-order valence-electron chi connectivity index (χ4n) is 8.52. The highest BCUT2D eigenvalue weighted by Crippen LogP contribution is 2.67. The van der Waals surface area contributed by atoms with E-state index in [9.17, 15) is 28.2 Å². The van der Waals surface area contributed by atoms with Gasteiger partial charge in [-0.1, -0.05) is 25.1 Å². The number of rotatable bonds is 5. The van der Waals surface area contributed by atoms with Crippen molar-refractivity contribution in [2.24, 2.45) is 11.8 Å². The Bertz CT molecular complexity index is 1440. The number of phenolic OH excluding ortho intramolecular Hbond substituents is 1. The average molecular weight is 569 g/mol. The van der Waals surface area contributed by atoms with E-state index in [1.165, 1.54) is 37.1 Å². The van der Waals surface area contributed by atoms with Gasteiger partial charge in [0, 0.05) is 31.3 Å². The normalized spacial score (nSPS) is 33.9. The van der Waals surface area contributed by atoms with E-state index in [2.05, 4.69) is 11.8 Å². The van der Waals surface area contributed by atoms with Crippen LogP contribution in [0.1, 0.15) is 54.9 Å². The van der Waals surface area contributed by atoms with E-state index in [0.29, 0.717) is 30.9 Å². The molecular formula is C32H35F3N2O4. The Morgan fingerprint density at radius 3 is 2.76 bits per heavy atom. The molecule has 9 heteroatoms. The number of piperidine rings is 1. The second kappa shape index (κ2) is 8.98. The smallest absolute Gasteiger partial charge is 0.416 e. The molecule has 41 heavy (non-hydrogen) atoms. The van der Waals surface area contributed by atoms with Crippen molar-refractivity contribution >= 4 is 12.0 Å². The van der Waals surface area contributed by atoms with Gasteiger partial charge in [-0.25, -0.2) is 0 Å². The quantitative estimate of drug-likeness (QED) is 0.509. The Balaban J connectivity index is 1.24. The summed E-state index contributed by atoms with van der Waals surface area (Å²) in [4.78, 5) is 17.5. The third kappa shape index (κ3) is 3.80. The monoisotopic (exact) mass is 568 g/mol. The molecule has 5 aliphatic rings. The number of carbonyl (C=O) groups is 1. The number of likely N-dealkylation sites (N-methyl/N-ethyl adjacent to an activating group) is 1. The highest BCUT2D eigenvalue weighted by molar-refractivity contribution is 5.92. The minimum Gasteiger partial charge on any atom is -0.504 e. The van der Waals surface area contributed by atoms with Gasteiger partial charge in [0.05, 0.1) is 22.6 Å². The van der Waals surface area contributed by atoms with Crippen LogP contribution in [0.25, 0.3) is 6.08 Å². The standard InChI is InChI=1S/C32H35F3N2O4/c1-18-14-23(36(2)26(39)11-8-19-4-3-5-22(15-19)32(33,34)35)29-30-12-13-37(17-20-6-7-20)25(31(18,30)40)16-21-9-10-24(38)28(41-29)27(21)30/h3-5,8-11,15,18,20,23,25,29,38,40H,6-7,12-14,16-17H2,1-2H3/t18-,23-,25+,29+,30-,31+/m0/s1. The molecule has 6 atom stereocenters. The van der Waals surface area contributed by atoms with Crippen LogP contribution in [0.5, 0.6) is 11.5 Å². The van der Waals surface area contributed by atoms with Crippen LogP contribution in [0, 0.1) is 11.8 Å². The predicted octanol–water partition coefficient (Wildman–Crippen LogP) is 4.76. The van der Waals surface area contributed by atoms with Gasteiger partial charge in [-0.2, -0.15) is 13.2 Å². The lowest BCUT2D eigenvalue weighted by molar-refractivity contribution is -0.224. The number of nitrogens with zero attached hydrogens (tertiary/aromatic N) is 2. The molecule has 6 nitrogen and oxygen atoms in total. The Morgan fingerprint density at radius 2 is 2.02 bits per heavy atom. The number of aliphatic hydroxyl groups is 1. The van der Waals surface area contributed by atoms with E-state index in [1.54, 1.807) is 18.0 Å². The van der Waals surface area contributed by atoms with Crippen molar-refractivity contribution in [3.05, 3.63) is 64.7 Å². The maximum Gasteiger partial charge on any atom is 0.416 e. The first-order valence-corrected chi connectivity index (χ1v) is 14.6. The van der Waals surface area contributed by atoms with Crippen LogP contribution in [-0.2, 0) is 22.8 Å². The van der Waals surface area contributed by atoms with Crippen LogP contribution in [0.15, 0.2) is 42.5 Å². The van der Waals surface area contributed by atoms with Crippen molar-refractivity contribution in [2.75, 3.05) is 20.1 Å². The summed E-state index contributed by atoms with van der Waals surface area (Å²) >= 11 is 0. The average Bonchev–Trinajstić information content (AvgIpc) is 3.68. The van der Waals surface area contributed by atoms with Gasteiger partial charge in [-0.3, -0.25) is 9.69 Å². The van der Waals surface area contributed by atoms with Gasteiger partial charge in [0.1, 0.15) is 6.10 Å². The van der Waals surface area contributed by atoms with Gasteiger partial charge in [0.25, 0.3) is 0 Å². The molecule has 2 bridgehead atoms. The highest BCUT2D eigenvalue weighted by atomic mass is 19.4. The summed E-state index contributed by atoms with van der Waals surface area (Å²) in [5.41, 5.74) is -0.381. The molecule has 2 saturated carbocycles. The van der Waals surface area contributed by atoms with Crippen LogP contribution in [0.2, 0.25) is 0 Å². The van der Waals surface area contributed by atoms with Gasteiger partial charge in [0.2, 0.25) is 5.91 Å². The molecule has 3 aliphatic carbocycles. The van der Waals surface area contributed by atoms with Gasteiger partial charge in [-0.15, -0.1) is 0 Å². The van der Waals surface area contributed by atoms with Gasteiger partial charge < -0.3 is 19.8 Å². The maximum absolute atomic E-state index is 13.5. The zero-order chi connectivity index (χ0) is 28.9. The molecule has 2 aromatic carbocycles. The number of carbonyl (C=O) groups excluding carboxylic acids is 1. The number of aromatic hydroxyl groups is 1. The number of likely N-dealkylation sites (tertiary alicyclic amines) is 1. The Labute approximate surface area is 237 Å². The number of phenols is 1. The molecule has 1 saturated heterocycles. The van der Waals surface area contributed by atoms with Crippen molar-refractivity contribution in [1.82, 2.24) is 9.80 Å². The third-order valence-electron chi connectivity index (χ3n) is 10.6. The van der Waals surface area contributed by atoms with Gasteiger partial charge >= 0.3 is 6.18 Å². The maximum atomic E-state index is 13.5. The number of hydrogen-bond acceptors (Lipinski definition) is 5. The predicted molar refractivity (Wildman–Crippen MR) is 146 cm³/mol. The van der Waals surface area contributed by atoms with E-state index in [4.69, 9.17) is 4.74 Å². The summed E-state index contributed by atoms with van der Waals surface area (Å²) in [5.74, 6) is 0.615. The molecule has 1 amide bonds. The van der Waals surface area contributed by atoms with Gasteiger partial charge in [0.15, 0.2) is 11.5 Å². The number of halogens is 3. The Hall–Kier alpha value is -3.04. The van der Waals surface area contributed by atoms with Crippen LogP contribution < -0.4 is 4.74 Å². The summed E-state index contributed by atoms with van der Waals surface area (Å²) in [6.45, 7) is 3.84. The lowest BCUT2D eigenvalue weighted by atomic mass is 9.45. The number of alkyl halides is 3. The third-order valence-corrected chi connectivity index (χ3v) is 10.6. The summed E-state index contributed by atoms with van der Waals surface area (Å²) in [6, 6.07) is 8.00. The molecule has 0 unspecified atom stereocenters. The van der Waals surface area contributed by atoms with Crippen molar-refractivity contribution in [1.29, 1.82) is 0 Å². The van der Waals surface area contributed by atoms with Crippen LogP contribution in [0.3, 0.4) is 0 Å². The largest absolute Gasteiger partial charge is 0.504 e. The Kier molecular flexibility index (Phi) is 5.88. The lowest BCUT2D eigenvalue weighted by Crippen LogP contribution is -2.80. The first-order valence-electron chi connectivity index (χ1n) is 14.6. The molecule has 2 aliphatic heterocycles. The second-order valence-corrected chi connectivity index (χ2v) is 12.8. The molecule has 2 aromatic rings. The molecular weight excluding hydrogens is 533 g/mol. The second-order valence-electron chi connectivity index (χ2n) is 12.8. The van der Waals surface area contributed by atoms with Crippen molar-refractivity contribution in [3.8, 4) is 11.5 Å².